The second-order valence-electron chi connectivity index (χ2n) is 7.60. The quantitative estimate of drug-likeness (QED) is 0.172. The number of para-hydroxylation sites is 1. The van der Waals surface area contributed by atoms with Gasteiger partial charge in [0, 0.05) is 22.1 Å². The Morgan fingerprint density at radius 1 is 1.08 bits per heavy atom. The molecule has 0 aliphatic carbocycles. The largest absolute Gasteiger partial charge is 0.506 e. The van der Waals surface area contributed by atoms with E-state index in [0.29, 0.717) is 25.9 Å². The fourth-order valence-corrected chi connectivity index (χ4v) is 4.66. The van der Waals surface area contributed by atoms with Crippen LogP contribution in [0.25, 0.3) is 0 Å². The first-order chi connectivity index (χ1) is 17.8. The number of aromatic hydroxyl groups is 1. The highest BCUT2D eigenvalue weighted by molar-refractivity contribution is 9.11. The Kier molecular flexibility index (Phi) is 10.7. The fourth-order valence-electron chi connectivity index (χ4n) is 3.31. The Balaban J connectivity index is 1.95. The minimum atomic E-state index is -1.12. The maximum absolute atomic E-state index is 13.0. The zero-order chi connectivity index (χ0) is 26.8. The summed E-state index contributed by atoms with van der Waals surface area (Å²) >= 11 is 10.6. The number of nitrogens with one attached hydrogen (secondary N) is 1. The minimum Gasteiger partial charge on any atom is -0.506 e. The number of phenols is 1. The highest BCUT2D eigenvalue weighted by atomic mass is 79.9. The van der Waals surface area contributed by atoms with Gasteiger partial charge in [-0.15, -0.1) is 0 Å². The number of carbonyl (C=O) groups excluding carboxylic acids is 2. The van der Waals surface area contributed by atoms with Crippen molar-refractivity contribution in [1.82, 2.24) is 0 Å². The standard InChI is InChI=1S/C26H22Br2N2O6S/c27-17-12-20(24(32)21(28)13-17)25(36-26(33)30-18-8-6-16(14-29)7-9-18)22(10-11-34-23(31)15-37)35-19-4-2-1-3-5-19/h1-9,12-13,22,25,32,37H,10-11,15H2,(H,30,33)/t22-,25-/m0/s1. The van der Waals surface area contributed by atoms with Crippen molar-refractivity contribution in [2.75, 3.05) is 17.7 Å². The molecule has 0 spiro atoms. The van der Waals surface area contributed by atoms with Gasteiger partial charge in [-0.3, -0.25) is 10.1 Å². The Hall–Kier alpha value is -3.20. The van der Waals surface area contributed by atoms with Gasteiger partial charge in [-0.1, -0.05) is 34.1 Å². The maximum Gasteiger partial charge on any atom is 0.412 e. The molecule has 11 heteroatoms. The number of anilines is 1. The summed E-state index contributed by atoms with van der Waals surface area (Å²) in [5.74, 6) is -0.252. The van der Waals surface area contributed by atoms with Crippen LogP contribution in [0.15, 0.2) is 75.7 Å². The Bertz CT molecular complexity index is 1270. The number of nitrogens with zero attached hydrogens (tertiary/aromatic N) is 1. The lowest BCUT2D eigenvalue weighted by Crippen LogP contribution is -2.32. The topological polar surface area (TPSA) is 118 Å². The number of carbonyl (C=O) groups is 2. The number of thiol groups is 1. The fraction of sp³-hybridized carbons (Fsp3) is 0.192. The highest BCUT2D eigenvalue weighted by Crippen LogP contribution is 2.39. The number of halogens is 2. The van der Waals surface area contributed by atoms with Gasteiger partial charge in [0.15, 0.2) is 6.10 Å². The molecule has 37 heavy (non-hydrogen) atoms. The molecule has 0 saturated heterocycles. The first kappa shape index (κ1) is 28.4. The molecule has 2 atom stereocenters. The van der Waals surface area contributed by atoms with Gasteiger partial charge in [0.1, 0.15) is 17.6 Å². The molecular formula is C26H22Br2N2O6S. The molecule has 3 aromatic carbocycles. The second-order valence-corrected chi connectivity index (χ2v) is 9.69. The Labute approximate surface area is 236 Å². The van der Waals surface area contributed by atoms with Crippen LogP contribution in [0.3, 0.4) is 0 Å². The monoisotopic (exact) mass is 648 g/mol. The van der Waals surface area contributed by atoms with Gasteiger partial charge < -0.3 is 19.3 Å². The minimum absolute atomic E-state index is 0.0378. The number of benzene rings is 3. The maximum atomic E-state index is 13.0. The molecule has 0 aromatic heterocycles. The average molecular weight is 650 g/mol. The summed E-state index contributed by atoms with van der Waals surface area (Å²) in [7, 11) is 0. The van der Waals surface area contributed by atoms with Crippen LogP contribution in [-0.2, 0) is 14.3 Å². The Morgan fingerprint density at radius 3 is 2.43 bits per heavy atom. The molecule has 0 heterocycles. The van der Waals surface area contributed by atoms with E-state index in [1.54, 1.807) is 60.7 Å². The molecule has 2 N–H and O–H groups in total. The third-order valence-electron chi connectivity index (χ3n) is 5.02. The van der Waals surface area contributed by atoms with E-state index in [1.807, 2.05) is 12.1 Å². The predicted molar refractivity (Wildman–Crippen MR) is 148 cm³/mol. The van der Waals surface area contributed by atoms with Gasteiger partial charge in [-0.25, -0.2) is 4.79 Å². The molecular weight excluding hydrogens is 628 g/mol. The van der Waals surface area contributed by atoms with Gasteiger partial charge in [-0.05, 0) is 64.5 Å². The van der Waals surface area contributed by atoms with Crippen LogP contribution in [0, 0.1) is 11.3 Å². The van der Waals surface area contributed by atoms with Gasteiger partial charge in [0.05, 0.1) is 28.5 Å². The Morgan fingerprint density at radius 2 is 1.78 bits per heavy atom. The number of ether oxygens (including phenoxy) is 3. The predicted octanol–water partition coefficient (Wildman–Crippen LogP) is 6.39. The lowest BCUT2D eigenvalue weighted by atomic mass is 10.0. The molecule has 3 rings (SSSR count). The lowest BCUT2D eigenvalue weighted by Gasteiger charge is -2.29. The summed E-state index contributed by atoms with van der Waals surface area (Å²) in [6.45, 7) is -0.0378. The van der Waals surface area contributed by atoms with Crippen LogP contribution in [0.2, 0.25) is 0 Å². The van der Waals surface area contributed by atoms with Crippen LogP contribution in [0.4, 0.5) is 10.5 Å². The van der Waals surface area contributed by atoms with E-state index in [1.165, 1.54) is 0 Å². The molecule has 3 aromatic rings. The zero-order valence-electron chi connectivity index (χ0n) is 19.3. The molecule has 0 aliphatic rings. The number of amides is 1. The summed E-state index contributed by atoms with van der Waals surface area (Å²) in [5.41, 5.74) is 1.11. The molecule has 0 radical (unpaired) electrons. The number of esters is 1. The van der Waals surface area contributed by atoms with E-state index >= 15 is 0 Å². The molecule has 0 bridgehead atoms. The highest BCUT2D eigenvalue weighted by Gasteiger charge is 2.33. The van der Waals surface area contributed by atoms with Crippen LogP contribution in [0.5, 0.6) is 11.5 Å². The van der Waals surface area contributed by atoms with Crippen molar-refractivity contribution < 1.29 is 28.9 Å². The smallest absolute Gasteiger partial charge is 0.412 e. The molecule has 192 valence electrons. The molecule has 1 amide bonds. The van der Waals surface area contributed by atoms with E-state index < -0.39 is 24.3 Å². The lowest BCUT2D eigenvalue weighted by molar-refractivity contribution is -0.141. The zero-order valence-corrected chi connectivity index (χ0v) is 23.3. The second kappa shape index (κ2) is 13.9. The third kappa shape index (κ3) is 8.42. The van der Waals surface area contributed by atoms with E-state index in [-0.39, 0.29) is 30.1 Å². The van der Waals surface area contributed by atoms with E-state index in [2.05, 4.69) is 49.8 Å². The van der Waals surface area contributed by atoms with Crippen molar-refractivity contribution in [2.45, 2.75) is 18.6 Å². The van der Waals surface area contributed by atoms with Gasteiger partial charge >= 0.3 is 12.1 Å². The van der Waals surface area contributed by atoms with Gasteiger partial charge in [0.2, 0.25) is 0 Å². The third-order valence-corrected chi connectivity index (χ3v) is 6.34. The number of phenolic OH excluding ortho intramolecular Hbond substituents is 1. The van der Waals surface area contributed by atoms with Gasteiger partial charge in [0.25, 0.3) is 0 Å². The summed E-state index contributed by atoms with van der Waals surface area (Å²) in [6.07, 6.45) is -2.68. The first-order valence-electron chi connectivity index (χ1n) is 10.9. The summed E-state index contributed by atoms with van der Waals surface area (Å²) in [6, 6.07) is 20.4. The molecule has 0 fully saturated rings. The van der Waals surface area contributed by atoms with Crippen LogP contribution in [-0.4, -0.2) is 35.6 Å². The summed E-state index contributed by atoms with van der Waals surface area (Å²) < 4.78 is 18.2. The molecule has 0 saturated carbocycles. The van der Waals surface area contributed by atoms with Crippen LogP contribution >= 0.6 is 44.5 Å². The van der Waals surface area contributed by atoms with E-state index in [0.717, 1.165) is 0 Å². The van der Waals surface area contributed by atoms with E-state index in [4.69, 9.17) is 19.5 Å². The molecule has 0 aliphatic heterocycles. The van der Waals surface area contributed by atoms with Crippen molar-refractivity contribution in [2.24, 2.45) is 0 Å². The number of hydrogen-bond donors (Lipinski definition) is 3. The summed E-state index contributed by atoms with van der Waals surface area (Å²) in [5, 5.41) is 22.5. The van der Waals surface area contributed by atoms with Crippen LogP contribution < -0.4 is 10.1 Å². The van der Waals surface area contributed by atoms with Gasteiger partial charge in [-0.2, -0.15) is 17.9 Å². The average Bonchev–Trinajstić information content (AvgIpc) is 2.90. The number of rotatable bonds is 10. The van der Waals surface area contributed by atoms with E-state index in [9.17, 15) is 14.7 Å². The normalized spacial score (nSPS) is 12.1. The van der Waals surface area contributed by atoms with Crippen LogP contribution in [0.1, 0.15) is 23.7 Å². The first-order valence-corrected chi connectivity index (χ1v) is 13.2. The number of hydrogen-bond acceptors (Lipinski definition) is 8. The van der Waals surface area contributed by atoms with Crippen molar-refractivity contribution >= 4 is 62.2 Å². The number of nitriles is 1. The van der Waals surface area contributed by atoms with Crippen molar-refractivity contribution in [3.63, 3.8) is 0 Å². The van der Waals surface area contributed by atoms with Crippen molar-refractivity contribution in [3.8, 4) is 17.6 Å². The van der Waals surface area contributed by atoms with Crippen molar-refractivity contribution in [3.05, 3.63) is 86.8 Å². The summed E-state index contributed by atoms with van der Waals surface area (Å²) in [4.78, 5) is 24.6. The SMILES string of the molecule is N#Cc1ccc(NC(=O)O[C@@H](c2cc(Br)cc(Br)c2O)[C@H](CCOC(=O)CS)Oc2ccccc2)cc1. The molecule has 8 nitrogen and oxygen atoms in total. The molecule has 0 unspecified atom stereocenters. The van der Waals surface area contributed by atoms with Crippen molar-refractivity contribution in [1.29, 1.82) is 5.26 Å².